The maximum absolute atomic E-state index is 14.0. The number of β-amino-alcohol motifs (C(OH)–C–C–N with tert-alkyl or cyclic N) is 1. The summed E-state index contributed by atoms with van der Waals surface area (Å²) in [4.78, 5) is 41.3. The first-order valence-electron chi connectivity index (χ1n) is 19.9. The monoisotopic (exact) mass is 681 g/mol. The molecule has 7 heteroatoms. The van der Waals surface area contributed by atoms with Crippen molar-refractivity contribution >= 4 is 17.7 Å². The number of hydrogen-bond acceptors (Lipinski definition) is 6. The van der Waals surface area contributed by atoms with E-state index in [1.54, 1.807) is 13.8 Å². The van der Waals surface area contributed by atoms with Crippen LogP contribution in [0.15, 0.2) is 11.1 Å². The zero-order valence-electron chi connectivity index (χ0n) is 32.3. The molecule has 2 N–H and O–H groups in total. The van der Waals surface area contributed by atoms with Gasteiger partial charge in [0.25, 0.3) is 0 Å². The minimum atomic E-state index is -1.15. The van der Waals surface area contributed by atoms with Gasteiger partial charge in [-0.15, -0.1) is 0 Å². The van der Waals surface area contributed by atoms with Crippen molar-refractivity contribution in [3.63, 3.8) is 0 Å². The first-order valence-corrected chi connectivity index (χ1v) is 19.9. The number of aliphatic hydroxyl groups excluding tert-OH is 1. The quantitative estimate of drug-likeness (QED) is 0.249. The molecular weight excluding hydrogens is 614 g/mol. The Morgan fingerprint density at radius 3 is 2.20 bits per heavy atom. The van der Waals surface area contributed by atoms with Crippen LogP contribution in [0.1, 0.15) is 146 Å². The molecule has 0 bridgehead atoms. The Bertz CT molecular complexity index is 1370. The van der Waals surface area contributed by atoms with Gasteiger partial charge in [0.2, 0.25) is 0 Å². The molecule has 9 unspecified atom stereocenters. The van der Waals surface area contributed by atoms with Crippen LogP contribution in [0.3, 0.4) is 0 Å². The number of rotatable bonds is 8. The number of nitrogens with zero attached hydrogens (tertiary/aromatic N) is 1. The average Bonchev–Trinajstić information content (AvgIpc) is 3.32. The first-order chi connectivity index (χ1) is 22.7. The predicted octanol–water partition coefficient (Wildman–Crippen LogP) is 8.23. The Kier molecular flexibility index (Phi) is 9.41. The number of piperidine rings is 1. The second-order valence-corrected chi connectivity index (χ2v) is 19.9. The fourth-order valence-corrected chi connectivity index (χ4v) is 13.5. The number of fused-ring (bicyclic) bond motifs is 7. The van der Waals surface area contributed by atoms with E-state index in [2.05, 4.69) is 53.4 Å². The van der Waals surface area contributed by atoms with Crippen molar-refractivity contribution in [3.8, 4) is 0 Å². The minimum absolute atomic E-state index is 0.0359. The maximum atomic E-state index is 14.0. The van der Waals surface area contributed by atoms with E-state index >= 15 is 0 Å². The molecule has 0 aromatic rings. The van der Waals surface area contributed by atoms with Crippen LogP contribution in [0, 0.1) is 56.2 Å². The van der Waals surface area contributed by atoms with E-state index in [1.165, 1.54) is 24.8 Å². The van der Waals surface area contributed by atoms with Crippen LogP contribution in [0.25, 0.3) is 0 Å². The molecule has 49 heavy (non-hydrogen) atoms. The highest BCUT2D eigenvalue weighted by molar-refractivity contribution is 6.00. The predicted molar refractivity (Wildman–Crippen MR) is 192 cm³/mol. The number of carbonyl (C=O) groups excluding carboxylic acids is 2. The third-order valence-electron chi connectivity index (χ3n) is 16.4. The van der Waals surface area contributed by atoms with Crippen LogP contribution in [-0.4, -0.2) is 64.7 Å². The molecular formula is C42H67NO6. The fraction of sp³-hybridized carbons (Fsp3) is 0.881. The van der Waals surface area contributed by atoms with Gasteiger partial charge < -0.3 is 19.8 Å². The first kappa shape index (κ1) is 37.0. The van der Waals surface area contributed by atoms with E-state index in [1.807, 2.05) is 0 Å². The summed E-state index contributed by atoms with van der Waals surface area (Å²) in [5.41, 5.74) is 0.828. The van der Waals surface area contributed by atoms with Crippen LogP contribution >= 0.6 is 0 Å². The molecule has 0 amide bonds. The molecule has 0 aromatic carbocycles. The minimum Gasteiger partial charge on any atom is -0.481 e. The highest BCUT2D eigenvalue weighted by Crippen LogP contribution is 2.77. The van der Waals surface area contributed by atoms with E-state index in [0.29, 0.717) is 30.7 Å². The SMILES string of the molecule is CC(C)C1=C2C3CCC4C5(C)CCC(OC(=O)CC(C)(C)C(=O)O)C(C)(C)C5CCC4(C)C3(C)CCC2(C(O)CN2CCCCC2)CC1=O. The van der Waals surface area contributed by atoms with Gasteiger partial charge in [-0.2, -0.15) is 0 Å². The molecule has 0 radical (unpaired) electrons. The number of esters is 1. The molecule has 276 valence electrons. The molecule has 4 saturated carbocycles. The van der Waals surface area contributed by atoms with Crippen molar-refractivity contribution < 1.29 is 29.3 Å². The number of ketones is 1. The number of allylic oxidation sites excluding steroid dienone is 1. The van der Waals surface area contributed by atoms with Crippen LogP contribution < -0.4 is 0 Å². The lowest BCUT2D eigenvalue weighted by Gasteiger charge is -2.72. The third kappa shape index (κ3) is 5.60. The van der Waals surface area contributed by atoms with Gasteiger partial charge >= 0.3 is 11.9 Å². The molecule has 7 nitrogen and oxygen atoms in total. The van der Waals surface area contributed by atoms with E-state index in [0.717, 1.165) is 70.0 Å². The number of aliphatic hydroxyl groups is 1. The average molecular weight is 682 g/mol. The summed E-state index contributed by atoms with van der Waals surface area (Å²) < 4.78 is 6.17. The standard InChI is InChI=1S/C42H67NO6/c1-26(2)34-28(44)23-42(31(45)25-43-21-11-10-12-22-43)20-19-40(8)27(35(34)42)13-14-30-39(7)17-16-32(49-33(46)24-37(3,4)36(47)48)38(5,6)29(39)15-18-41(30,40)9/h26-27,29-32,45H,10-25H2,1-9H3,(H,47,48). The van der Waals surface area contributed by atoms with Gasteiger partial charge in [-0.1, -0.05) is 60.5 Å². The molecule has 1 saturated heterocycles. The van der Waals surface area contributed by atoms with Crippen molar-refractivity contribution in [2.24, 2.45) is 56.2 Å². The van der Waals surface area contributed by atoms with E-state index in [-0.39, 0.29) is 45.9 Å². The molecule has 1 heterocycles. The van der Waals surface area contributed by atoms with Crippen molar-refractivity contribution in [2.75, 3.05) is 19.6 Å². The molecule has 5 fully saturated rings. The molecule has 0 aromatic heterocycles. The van der Waals surface area contributed by atoms with Gasteiger partial charge in [-0.05, 0) is 137 Å². The normalized spacial score (nSPS) is 41.4. The number of carboxylic acid groups (broad SMARTS) is 1. The Morgan fingerprint density at radius 1 is 0.898 bits per heavy atom. The summed E-state index contributed by atoms with van der Waals surface area (Å²) >= 11 is 0. The fourth-order valence-electron chi connectivity index (χ4n) is 13.5. The van der Waals surface area contributed by atoms with Crippen LogP contribution in [0.4, 0.5) is 0 Å². The summed E-state index contributed by atoms with van der Waals surface area (Å²) in [6.07, 6.45) is 11.4. The highest BCUT2D eigenvalue weighted by Gasteiger charge is 2.70. The number of Topliss-reactive ketones (excluding diaryl/α,β-unsaturated/α-hetero) is 1. The Labute approximate surface area is 296 Å². The third-order valence-corrected chi connectivity index (χ3v) is 16.4. The smallest absolute Gasteiger partial charge is 0.309 e. The largest absolute Gasteiger partial charge is 0.481 e. The number of aliphatic carboxylic acids is 1. The lowest BCUT2D eigenvalue weighted by molar-refractivity contribution is -0.235. The second kappa shape index (κ2) is 12.5. The lowest BCUT2D eigenvalue weighted by Crippen LogP contribution is -2.66. The van der Waals surface area contributed by atoms with Gasteiger partial charge in [-0.3, -0.25) is 14.4 Å². The zero-order valence-corrected chi connectivity index (χ0v) is 32.3. The molecule has 6 rings (SSSR count). The Hall–Kier alpha value is -1.73. The lowest BCUT2D eigenvalue weighted by atomic mass is 9.33. The summed E-state index contributed by atoms with van der Waals surface area (Å²) in [5.74, 6) is 0.286. The summed E-state index contributed by atoms with van der Waals surface area (Å²) in [5, 5.41) is 21.8. The summed E-state index contributed by atoms with van der Waals surface area (Å²) in [6.45, 7) is 22.6. The second-order valence-electron chi connectivity index (χ2n) is 19.9. The summed E-state index contributed by atoms with van der Waals surface area (Å²) in [7, 11) is 0. The number of likely N-dealkylation sites (tertiary alicyclic amines) is 1. The van der Waals surface area contributed by atoms with Crippen LogP contribution in [0.2, 0.25) is 0 Å². The summed E-state index contributed by atoms with van der Waals surface area (Å²) in [6, 6.07) is 0. The molecule has 9 atom stereocenters. The number of hydrogen-bond donors (Lipinski definition) is 2. The highest BCUT2D eigenvalue weighted by atomic mass is 16.5. The van der Waals surface area contributed by atoms with Crippen LogP contribution in [-0.2, 0) is 19.1 Å². The molecule has 0 spiro atoms. The molecule has 6 aliphatic rings. The maximum Gasteiger partial charge on any atom is 0.309 e. The number of carboxylic acids is 1. The topological polar surface area (TPSA) is 104 Å². The van der Waals surface area contributed by atoms with Gasteiger partial charge in [-0.25, -0.2) is 0 Å². The Morgan fingerprint density at radius 2 is 1.57 bits per heavy atom. The number of ether oxygens (including phenoxy) is 1. The van der Waals surface area contributed by atoms with Gasteiger partial charge in [0.05, 0.1) is 17.9 Å². The van der Waals surface area contributed by atoms with E-state index in [4.69, 9.17) is 4.74 Å². The Balaban J connectivity index is 1.29. The van der Waals surface area contributed by atoms with E-state index in [9.17, 15) is 24.6 Å². The van der Waals surface area contributed by atoms with Crippen molar-refractivity contribution in [1.29, 1.82) is 0 Å². The zero-order chi connectivity index (χ0) is 35.9. The van der Waals surface area contributed by atoms with E-state index < -0.39 is 28.9 Å². The van der Waals surface area contributed by atoms with Crippen molar-refractivity contribution in [2.45, 2.75) is 158 Å². The van der Waals surface area contributed by atoms with Gasteiger partial charge in [0.15, 0.2) is 5.78 Å². The van der Waals surface area contributed by atoms with Gasteiger partial charge in [0, 0.05) is 23.8 Å². The van der Waals surface area contributed by atoms with Crippen molar-refractivity contribution in [3.05, 3.63) is 11.1 Å². The molecule has 5 aliphatic carbocycles. The van der Waals surface area contributed by atoms with Gasteiger partial charge in [0.1, 0.15) is 6.10 Å². The molecule has 1 aliphatic heterocycles. The number of carbonyl (C=O) groups is 3. The van der Waals surface area contributed by atoms with Crippen LogP contribution in [0.5, 0.6) is 0 Å². The van der Waals surface area contributed by atoms with Crippen molar-refractivity contribution in [1.82, 2.24) is 4.90 Å².